The third kappa shape index (κ3) is 5.91. The summed E-state index contributed by atoms with van der Waals surface area (Å²) in [6.45, 7) is -0.00277. The highest BCUT2D eigenvalue weighted by Crippen LogP contribution is 2.25. The lowest BCUT2D eigenvalue weighted by Crippen LogP contribution is -2.36. The van der Waals surface area contributed by atoms with Crippen molar-refractivity contribution in [2.75, 3.05) is 14.2 Å². The minimum Gasteiger partial charge on any atom is -0.497 e. The fourth-order valence-corrected chi connectivity index (χ4v) is 2.32. The molecule has 0 fully saturated rings. The zero-order valence-electron chi connectivity index (χ0n) is 15.1. The van der Waals surface area contributed by atoms with Crippen molar-refractivity contribution in [1.82, 2.24) is 10.6 Å². The molecule has 0 saturated heterocycles. The smallest absolute Gasteiger partial charge is 0.387 e. The number of hydrogen-bond donors (Lipinski definition) is 2. The Morgan fingerprint density at radius 1 is 1.08 bits per heavy atom. The van der Waals surface area contributed by atoms with Crippen LogP contribution in [0, 0.1) is 6.92 Å². The maximum absolute atomic E-state index is 12.6. The lowest BCUT2D eigenvalue weighted by Gasteiger charge is -2.15. The molecule has 0 unspecified atom stereocenters. The molecule has 0 spiro atoms. The number of halogens is 2. The standard InChI is InChI=1S/C19H23F2N3O2/c1-13-4-6-14(7-5-13)11-23-19(22-2)24-12-15-10-16(25-3)8-9-17(15)26-18(20)21/h4-10,18H,11-12H2,1-3H3,(H2,22,23,24). The molecule has 0 atom stereocenters. The predicted molar refractivity (Wildman–Crippen MR) is 97.8 cm³/mol. The summed E-state index contributed by atoms with van der Waals surface area (Å²) in [5.74, 6) is 1.21. The molecule has 0 saturated carbocycles. The molecule has 0 aliphatic carbocycles. The van der Waals surface area contributed by atoms with Gasteiger partial charge < -0.3 is 20.1 Å². The first-order valence-corrected chi connectivity index (χ1v) is 8.13. The van der Waals surface area contributed by atoms with E-state index in [9.17, 15) is 8.78 Å². The molecule has 0 aliphatic rings. The van der Waals surface area contributed by atoms with Gasteiger partial charge in [0.25, 0.3) is 0 Å². The lowest BCUT2D eigenvalue weighted by atomic mass is 10.1. The van der Waals surface area contributed by atoms with Crippen LogP contribution in [-0.2, 0) is 13.1 Å². The highest BCUT2D eigenvalue weighted by atomic mass is 19.3. The van der Waals surface area contributed by atoms with E-state index in [4.69, 9.17) is 4.74 Å². The van der Waals surface area contributed by atoms with Crippen LogP contribution in [0.3, 0.4) is 0 Å². The van der Waals surface area contributed by atoms with Gasteiger partial charge in [-0.3, -0.25) is 4.99 Å². The van der Waals surface area contributed by atoms with Crippen LogP contribution >= 0.6 is 0 Å². The Morgan fingerprint density at radius 2 is 1.77 bits per heavy atom. The van der Waals surface area contributed by atoms with Crippen LogP contribution in [-0.4, -0.2) is 26.7 Å². The van der Waals surface area contributed by atoms with Crippen LogP contribution in [0.2, 0.25) is 0 Å². The first kappa shape index (κ1) is 19.5. The molecule has 0 heterocycles. The summed E-state index contributed by atoms with van der Waals surface area (Å²) < 4.78 is 34.9. The van der Waals surface area contributed by atoms with Gasteiger partial charge in [-0.1, -0.05) is 29.8 Å². The number of hydrogen-bond acceptors (Lipinski definition) is 3. The summed E-state index contributed by atoms with van der Waals surface area (Å²) in [5.41, 5.74) is 2.85. The first-order chi connectivity index (χ1) is 12.5. The summed E-state index contributed by atoms with van der Waals surface area (Å²) in [7, 11) is 3.16. The van der Waals surface area contributed by atoms with Gasteiger partial charge in [-0.15, -0.1) is 0 Å². The number of rotatable bonds is 7. The number of alkyl halides is 2. The molecule has 26 heavy (non-hydrogen) atoms. The Kier molecular flexibility index (Phi) is 7.20. The Bertz CT molecular complexity index is 734. The van der Waals surface area contributed by atoms with Gasteiger partial charge in [0.1, 0.15) is 11.5 Å². The van der Waals surface area contributed by atoms with Crippen LogP contribution in [0.4, 0.5) is 8.78 Å². The number of nitrogens with one attached hydrogen (secondary N) is 2. The number of benzene rings is 2. The predicted octanol–water partition coefficient (Wildman–Crippen LogP) is 3.47. The summed E-state index contributed by atoms with van der Waals surface area (Å²) in [5, 5.41) is 6.27. The number of ether oxygens (including phenoxy) is 2. The van der Waals surface area contributed by atoms with Gasteiger partial charge in [0, 0.05) is 25.7 Å². The van der Waals surface area contributed by atoms with E-state index in [-0.39, 0.29) is 12.3 Å². The van der Waals surface area contributed by atoms with E-state index in [1.54, 1.807) is 19.2 Å². The number of methoxy groups -OCH3 is 1. The van der Waals surface area contributed by atoms with Crippen LogP contribution in [0.15, 0.2) is 47.5 Å². The van der Waals surface area contributed by atoms with Crippen LogP contribution in [0.25, 0.3) is 0 Å². The molecule has 5 nitrogen and oxygen atoms in total. The van der Waals surface area contributed by atoms with Gasteiger partial charge in [-0.05, 0) is 30.7 Å². The maximum atomic E-state index is 12.6. The monoisotopic (exact) mass is 363 g/mol. The van der Waals surface area contributed by atoms with Gasteiger partial charge in [0.05, 0.1) is 7.11 Å². The molecule has 0 aromatic heterocycles. The molecule has 0 radical (unpaired) electrons. The van der Waals surface area contributed by atoms with Crippen molar-refractivity contribution in [2.24, 2.45) is 4.99 Å². The third-order valence-electron chi connectivity index (χ3n) is 3.73. The number of guanidine groups is 1. The molecule has 2 aromatic rings. The van der Waals surface area contributed by atoms with Crippen molar-refractivity contribution in [3.8, 4) is 11.5 Å². The van der Waals surface area contributed by atoms with Crippen molar-refractivity contribution < 1.29 is 18.3 Å². The van der Waals surface area contributed by atoms with E-state index in [0.29, 0.717) is 23.8 Å². The highest BCUT2D eigenvalue weighted by molar-refractivity contribution is 5.79. The second-order valence-corrected chi connectivity index (χ2v) is 5.62. The Labute approximate surface area is 152 Å². The van der Waals surface area contributed by atoms with Crippen LogP contribution < -0.4 is 20.1 Å². The molecule has 0 aliphatic heterocycles. The van der Waals surface area contributed by atoms with Gasteiger partial charge in [0.15, 0.2) is 5.96 Å². The Hall–Kier alpha value is -2.83. The lowest BCUT2D eigenvalue weighted by molar-refractivity contribution is -0.0504. The largest absolute Gasteiger partial charge is 0.497 e. The Balaban J connectivity index is 1.99. The fraction of sp³-hybridized carbons (Fsp3) is 0.316. The van der Waals surface area contributed by atoms with E-state index in [0.717, 1.165) is 5.56 Å². The molecular weight excluding hydrogens is 340 g/mol. The summed E-state index contributed by atoms with van der Waals surface area (Å²) >= 11 is 0. The van der Waals surface area contributed by atoms with E-state index in [1.165, 1.54) is 18.7 Å². The maximum Gasteiger partial charge on any atom is 0.387 e. The SMILES string of the molecule is CN=C(NCc1ccc(C)cc1)NCc1cc(OC)ccc1OC(F)F. The van der Waals surface area contributed by atoms with E-state index in [2.05, 4.69) is 20.4 Å². The molecule has 2 N–H and O–H groups in total. The van der Waals surface area contributed by atoms with Crippen LogP contribution in [0.1, 0.15) is 16.7 Å². The summed E-state index contributed by atoms with van der Waals surface area (Å²) in [4.78, 5) is 4.14. The van der Waals surface area contributed by atoms with E-state index < -0.39 is 6.61 Å². The molecule has 0 bridgehead atoms. The normalized spacial score (nSPS) is 11.4. The van der Waals surface area contributed by atoms with Crippen molar-refractivity contribution in [3.05, 3.63) is 59.2 Å². The Morgan fingerprint density at radius 3 is 2.38 bits per heavy atom. The van der Waals surface area contributed by atoms with E-state index in [1.807, 2.05) is 31.2 Å². The second kappa shape index (κ2) is 9.60. The third-order valence-corrected chi connectivity index (χ3v) is 3.73. The molecule has 2 aromatic carbocycles. The van der Waals surface area contributed by atoms with Crippen molar-refractivity contribution in [2.45, 2.75) is 26.6 Å². The number of aryl methyl sites for hydroxylation is 1. The summed E-state index contributed by atoms with van der Waals surface area (Å²) in [6, 6.07) is 12.8. The van der Waals surface area contributed by atoms with Gasteiger partial charge >= 0.3 is 6.61 Å². The number of aliphatic imine (C=N–C) groups is 1. The topological polar surface area (TPSA) is 54.9 Å². The van der Waals surface area contributed by atoms with Crippen molar-refractivity contribution in [3.63, 3.8) is 0 Å². The van der Waals surface area contributed by atoms with Gasteiger partial charge in [-0.25, -0.2) is 0 Å². The van der Waals surface area contributed by atoms with Crippen molar-refractivity contribution in [1.29, 1.82) is 0 Å². The molecule has 7 heteroatoms. The molecular formula is C19H23F2N3O2. The first-order valence-electron chi connectivity index (χ1n) is 8.13. The number of nitrogens with zero attached hydrogens (tertiary/aromatic N) is 1. The molecule has 2 rings (SSSR count). The van der Waals surface area contributed by atoms with E-state index >= 15 is 0 Å². The van der Waals surface area contributed by atoms with Gasteiger partial charge in [0.2, 0.25) is 0 Å². The highest BCUT2D eigenvalue weighted by Gasteiger charge is 2.11. The molecule has 140 valence electrons. The quantitative estimate of drug-likeness (QED) is 0.584. The minimum atomic E-state index is -2.89. The minimum absolute atomic E-state index is 0.0993. The average Bonchev–Trinajstić information content (AvgIpc) is 2.64. The van der Waals surface area contributed by atoms with Crippen molar-refractivity contribution >= 4 is 5.96 Å². The van der Waals surface area contributed by atoms with Gasteiger partial charge in [-0.2, -0.15) is 8.78 Å². The zero-order chi connectivity index (χ0) is 18.9. The average molecular weight is 363 g/mol. The van der Waals surface area contributed by atoms with Crippen LogP contribution in [0.5, 0.6) is 11.5 Å². The zero-order valence-corrected chi connectivity index (χ0v) is 15.1. The molecule has 0 amide bonds. The fourth-order valence-electron chi connectivity index (χ4n) is 2.32. The second-order valence-electron chi connectivity index (χ2n) is 5.62. The summed E-state index contributed by atoms with van der Waals surface area (Å²) in [6.07, 6.45) is 0.